The smallest absolute Gasteiger partial charge is 0.125 e. The van der Waals surface area contributed by atoms with Crippen molar-refractivity contribution in [3.8, 4) is 5.75 Å². The average molecular weight is 273 g/mol. The molecule has 3 heteroatoms. The molecule has 20 heavy (non-hydrogen) atoms. The third-order valence-corrected chi connectivity index (χ3v) is 3.17. The van der Waals surface area contributed by atoms with Gasteiger partial charge in [-0.05, 0) is 55.7 Å². The van der Waals surface area contributed by atoms with Crippen LogP contribution in [0.1, 0.15) is 18.1 Å². The van der Waals surface area contributed by atoms with E-state index in [0.717, 1.165) is 29.0 Å². The number of methoxy groups -OCH3 is 1. The minimum Gasteiger partial charge on any atom is -0.496 e. The second-order valence-corrected chi connectivity index (χ2v) is 5.08. The van der Waals surface area contributed by atoms with Gasteiger partial charge >= 0.3 is 0 Å². The third-order valence-electron chi connectivity index (χ3n) is 3.17. The van der Waals surface area contributed by atoms with Crippen molar-refractivity contribution >= 4 is 5.69 Å². The number of nitrogens with one attached hydrogen (secondary N) is 1. The molecule has 1 unspecified atom stereocenters. The van der Waals surface area contributed by atoms with E-state index in [9.17, 15) is 4.39 Å². The van der Waals surface area contributed by atoms with Crippen molar-refractivity contribution in [3.63, 3.8) is 0 Å². The molecular formula is C17H20FNO. The summed E-state index contributed by atoms with van der Waals surface area (Å²) in [7, 11) is 1.67. The zero-order valence-electron chi connectivity index (χ0n) is 12.1. The summed E-state index contributed by atoms with van der Waals surface area (Å²) in [6.45, 7) is 3.96. The largest absolute Gasteiger partial charge is 0.496 e. The van der Waals surface area contributed by atoms with Gasteiger partial charge in [0.25, 0.3) is 0 Å². The summed E-state index contributed by atoms with van der Waals surface area (Å²) < 4.78 is 18.7. The number of aryl methyl sites for hydroxylation is 1. The molecule has 0 amide bonds. The van der Waals surface area contributed by atoms with E-state index >= 15 is 0 Å². The molecule has 0 spiro atoms. The van der Waals surface area contributed by atoms with Crippen molar-refractivity contribution in [1.29, 1.82) is 0 Å². The number of halogens is 1. The van der Waals surface area contributed by atoms with E-state index in [2.05, 4.69) is 12.2 Å². The van der Waals surface area contributed by atoms with Gasteiger partial charge in [0.1, 0.15) is 11.6 Å². The van der Waals surface area contributed by atoms with E-state index in [1.165, 1.54) is 12.1 Å². The van der Waals surface area contributed by atoms with Crippen LogP contribution in [0.15, 0.2) is 42.5 Å². The van der Waals surface area contributed by atoms with Crippen molar-refractivity contribution in [3.05, 3.63) is 59.4 Å². The first-order valence-electron chi connectivity index (χ1n) is 6.74. The van der Waals surface area contributed by atoms with Crippen molar-refractivity contribution < 1.29 is 9.13 Å². The fraction of sp³-hybridized carbons (Fsp3) is 0.294. The lowest BCUT2D eigenvalue weighted by molar-refractivity contribution is 0.409. The van der Waals surface area contributed by atoms with Gasteiger partial charge in [-0.3, -0.25) is 0 Å². The van der Waals surface area contributed by atoms with Crippen molar-refractivity contribution in [1.82, 2.24) is 0 Å². The molecule has 1 atom stereocenters. The van der Waals surface area contributed by atoms with Crippen LogP contribution in [0.2, 0.25) is 0 Å². The summed E-state index contributed by atoms with van der Waals surface area (Å²) >= 11 is 0. The maximum atomic E-state index is 13.4. The number of anilines is 1. The maximum absolute atomic E-state index is 13.4. The Morgan fingerprint density at radius 3 is 2.65 bits per heavy atom. The number of rotatable bonds is 5. The van der Waals surface area contributed by atoms with Gasteiger partial charge in [0.15, 0.2) is 0 Å². The predicted octanol–water partition coefficient (Wildman–Crippen LogP) is 4.19. The van der Waals surface area contributed by atoms with Gasteiger partial charge in [0.2, 0.25) is 0 Å². The first-order valence-corrected chi connectivity index (χ1v) is 6.74. The van der Waals surface area contributed by atoms with Gasteiger partial charge in [-0.25, -0.2) is 4.39 Å². The number of ether oxygens (including phenoxy) is 1. The molecule has 0 saturated heterocycles. The predicted molar refractivity (Wildman–Crippen MR) is 80.9 cm³/mol. The maximum Gasteiger partial charge on any atom is 0.125 e. The van der Waals surface area contributed by atoms with Crippen LogP contribution >= 0.6 is 0 Å². The summed E-state index contributed by atoms with van der Waals surface area (Å²) in [6, 6.07) is 13.1. The van der Waals surface area contributed by atoms with Crippen molar-refractivity contribution in [2.24, 2.45) is 0 Å². The van der Waals surface area contributed by atoms with Crippen LogP contribution in [-0.4, -0.2) is 13.2 Å². The van der Waals surface area contributed by atoms with Crippen LogP contribution in [0.4, 0.5) is 10.1 Å². The molecule has 0 aromatic heterocycles. The second-order valence-electron chi connectivity index (χ2n) is 5.08. The summed E-state index contributed by atoms with van der Waals surface area (Å²) in [5.41, 5.74) is 2.87. The summed E-state index contributed by atoms with van der Waals surface area (Å²) in [5.74, 6) is 0.675. The molecule has 2 aromatic rings. The quantitative estimate of drug-likeness (QED) is 0.882. The van der Waals surface area contributed by atoms with E-state index in [4.69, 9.17) is 4.74 Å². The number of benzene rings is 2. The molecule has 0 saturated carbocycles. The average Bonchev–Trinajstić information content (AvgIpc) is 2.37. The molecule has 106 valence electrons. The minimum absolute atomic E-state index is 0.188. The first kappa shape index (κ1) is 14.4. The Labute approximate surface area is 119 Å². The monoisotopic (exact) mass is 273 g/mol. The molecule has 2 nitrogen and oxygen atoms in total. The Balaban J connectivity index is 2.07. The lowest BCUT2D eigenvalue weighted by Crippen LogP contribution is -2.18. The summed E-state index contributed by atoms with van der Waals surface area (Å²) in [5, 5.41) is 3.33. The van der Waals surface area contributed by atoms with Gasteiger partial charge in [-0.2, -0.15) is 0 Å². The fourth-order valence-corrected chi connectivity index (χ4v) is 2.36. The Bertz CT molecular complexity index is 563. The summed E-state index contributed by atoms with van der Waals surface area (Å²) in [4.78, 5) is 0. The van der Waals surface area contributed by atoms with E-state index in [1.54, 1.807) is 7.11 Å². The molecule has 1 N–H and O–H groups in total. The topological polar surface area (TPSA) is 21.3 Å². The molecule has 0 aliphatic heterocycles. The van der Waals surface area contributed by atoms with Crippen LogP contribution in [-0.2, 0) is 6.42 Å². The van der Waals surface area contributed by atoms with Crippen LogP contribution < -0.4 is 10.1 Å². The molecule has 0 bridgehead atoms. The van der Waals surface area contributed by atoms with E-state index < -0.39 is 0 Å². The molecule has 0 fully saturated rings. The standard InChI is InChI=1S/C17H20FNO/c1-12-8-15(18)11-16(9-12)19-13(2)10-14-6-4-5-7-17(14)20-3/h4-9,11,13,19H,10H2,1-3H3. The van der Waals surface area contributed by atoms with Crippen molar-refractivity contribution in [2.75, 3.05) is 12.4 Å². The van der Waals surface area contributed by atoms with Gasteiger partial charge in [-0.1, -0.05) is 18.2 Å². The van der Waals surface area contributed by atoms with Crippen LogP contribution in [0.25, 0.3) is 0 Å². The Hall–Kier alpha value is -2.03. The van der Waals surface area contributed by atoms with E-state index in [-0.39, 0.29) is 11.9 Å². The normalized spacial score (nSPS) is 12.0. The molecule has 0 aliphatic rings. The van der Waals surface area contributed by atoms with E-state index in [0.29, 0.717) is 0 Å². The van der Waals surface area contributed by atoms with Gasteiger partial charge in [-0.15, -0.1) is 0 Å². The lowest BCUT2D eigenvalue weighted by Gasteiger charge is -2.17. The Morgan fingerprint density at radius 2 is 1.95 bits per heavy atom. The van der Waals surface area contributed by atoms with Crippen LogP contribution in [0.5, 0.6) is 5.75 Å². The highest BCUT2D eigenvalue weighted by Gasteiger charge is 2.08. The molecular weight excluding hydrogens is 253 g/mol. The molecule has 0 heterocycles. The van der Waals surface area contributed by atoms with Crippen LogP contribution in [0.3, 0.4) is 0 Å². The second kappa shape index (κ2) is 6.42. The Morgan fingerprint density at radius 1 is 1.20 bits per heavy atom. The van der Waals surface area contributed by atoms with Crippen LogP contribution in [0, 0.1) is 12.7 Å². The van der Waals surface area contributed by atoms with E-state index in [1.807, 2.05) is 37.3 Å². The first-order chi connectivity index (χ1) is 9.58. The van der Waals surface area contributed by atoms with Gasteiger partial charge < -0.3 is 10.1 Å². The summed E-state index contributed by atoms with van der Waals surface area (Å²) in [6.07, 6.45) is 0.819. The number of para-hydroxylation sites is 1. The Kier molecular flexibility index (Phi) is 4.61. The van der Waals surface area contributed by atoms with Gasteiger partial charge in [0.05, 0.1) is 7.11 Å². The zero-order chi connectivity index (χ0) is 14.5. The number of hydrogen-bond donors (Lipinski definition) is 1. The fourth-order valence-electron chi connectivity index (χ4n) is 2.36. The molecule has 2 aromatic carbocycles. The highest BCUT2D eigenvalue weighted by Crippen LogP contribution is 2.21. The SMILES string of the molecule is COc1ccccc1CC(C)Nc1cc(C)cc(F)c1. The molecule has 2 rings (SSSR count). The molecule has 0 radical (unpaired) electrons. The third kappa shape index (κ3) is 3.73. The minimum atomic E-state index is -0.211. The molecule has 0 aliphatic carbocycles. The van der Waals surface area contributed by atoms with Crippen molar-refractivity contribution in [2.45, 2.75) is 26.3 Å². The number of hydrogen-bond acceptors (Lipinski definition) is 2. The highest BCUT2D eigenvalue weighted by molar-refractivity contribution is 5.47. The van der Waals surface area contributed by atoms with Gasteiger partial charge in [0, 0.05) is 11.7 Å². The highest BCUT2D eigenvalue weighted by atomic mass is 19.1. The lowest BCUT2D eigenvalue weighted by atomic mass is 10.1. The zero-order valence-corrected chi connectivity index (χ0v) is 12.1.